The van der Waals surface area contributed by atoms with Crippen molar-refractivity contribution >= 4 is 5.91 Å². The van der Waals surface area contributed by atoms with E-state index in [1.165, 1.54) is 6.26 Å². The van der Waals surface area contributed by atoms with E-state index in [0.717, 1.165) is 0 Å². The van der Waals surface area contributed by atoms with E-state index >= 15 is 0 Å². The Balaban J connectivity index is 1.84. The van der Waals surface area contributed by atoms with Crippen molar-refractivity contribution in [1.82, 2.24) is 5.32 Å². The SMILES string of the molecule is Cc1cc(C(=O)NC2CCC(C(F)(F)F)CC2)co1. The lowest BCUT2D eigenvalue weighted by atomic mass is 9.85. The minimum atomic E-state index is -4.11. The number of rotatable bonds is 2. The molecular weight excluding hydrogens is 259 g/mol. The average Bonchev–Trinajstić information content (AvgIpc) is 2.75. The van der Waals surface area contributed by atoms with Crippen LogP contribution in [0.25, 0.3) is 0 Å². The summed E-state index contributed by atoms with van der Waals surface area (Å²) >= 11 is 0. The highest BCUT2D eigenvalue weighted by Crippen LogP contribution is 2.37. The fraction of sp³-hybridized carbons (Fsp3) is 0.615. The van der Waals surface area contributed by atoms with Crippen LogP contribution in [-0.4, -0.2) is 18.1 Å². The van der Waals surface area contributed by atoms with Gasteiger partial charge in [0.05, 0.1) is 11.5 Å². The van der Waals surface area contributed by atoms with Gasteiger partial charge in [0.25, 0.3) is 5.91 Å². The van der Waals surface area contributed by atoms with E-state index in [4.69, 9.17) is 4.42 Å². The Bertz CT molecular complexity index is 445. The summed E-state index contributed by atoms with van der Waals surface area (Å²) in [5, 5.41) is 2.75. The maximum atomic E-state index is 12.5. The molecule has 0 bridgehead atoms. The number of nitrogens with one attached hydrogen (secondary N) is 1. The lowest BCUT2D eigenvalue weighted by molar-refractivity contribution is -0.182. The number of halogens is 3. The first-order chi connectivity index (χ1) is 8.86. The molecule has 0 aromatic carbocycles. The van der Waals surface area contributed by atoms with Crippen LogP contribution in [0.5, 0.6) is 0 Å². The van der Waals surface area contributed by atoms with Crippen LogP contribution >= 0.6 is 0 Å². The van der Waals surface area contributed by atoms with Crippen LogP contribution in [-0.2, 0) is 0 Å². The van der Waals surface area contributed by atoms with Crippen molar-refractivity contribution in [1.29, 1.82) is 0 Å². The number of carbonyl (C=O) groups is 1. The molecular formula is C13H16F3NO2. The van der Waals surface area contributed by atoms with Gasteiger partial charge in [0.1, 0.15) is 12.0 Å². The molecule has 1 aromatic rings. The van der Waals surface area contributed by atoms with Crippen LogP contribution in [0.3, 0.4) is 0 Å². The fourth-order valence-corrected chi connectivity index (χ4v) is 2.40. The second-order valence-corrected chi connectivity index (χ2v) is 5.01. The number of hydrogen-bond donors (Lipinski definition) is 1. The smallest absolute Gasteiger partial charge is 0.391 e. The van der Waals surface area contributed by atoms with Gasteiger partial charge in [-0.05, 0) is 38.7 Å². The molecule has 0 spiro atoms. The maximum absolute atomic E-state index is 12.5. The Kier molecular flexibility index (Phi) is 3.87. The largest absolute Gasteiger partial charge is 0.469 e. The minimum absolute atomic E-state index is 0.0822. The Morgan fingerprint density at radius 1 is 1.32 bits per heavy atom. The number of aryl methyl sites for hydroxylation is 1. The van der Waals surface area contributed by atoms with Gasteiger partial charge in [0, 0.05) is 6.04 Å². The molecule has 0 atom stereocenters. The standard InChI is InChI=1S/C13H16F3NO2/c1-8-6-9(7-19-8)12(18)17-11-4-2-10(3-5-11)13(14,15)16/h6-7,10-11H,2-5H2,1H3,(H,17,18). The monoisotopic (exact) mass is 275 g/mol. The summed E-state index contributed by atoms with van der Waals surface area (Å²) in [6.45, 7) is 1.73. The van der Waals surface area contributed by atoms with E-state index in [1.54, 1.807) is 13.0 Å². The number of amides is 1. The van der Waals surface area contributed by atoms with Crippen molar-refractivity contribution in [3.8, 4) is 0 Å². The van der Waals surface area contributed by atoms with Gasteiger partial charge in [-0.15, -0.1) is 0 Å². The summed E-state index contributed by atoms with van der Waals surface area (Å²) in [5.74, 6) is -0.880. The predicted octanol–water partition coefficient (Wildman–Crippen LogP) is 3.44. The highest BCUT2D eigenvalue weighted by Gasteiger charge is 2.41. The Morgan fingerprint density at radius 3 is 2.42 bits per heavy atom. The van der Waals surface area contributed by atoms with E-state index in [1.807, 2.05) is 0 Å². The van der Waals surface area contributed by atoms with Crippen molar-refractivity contribution in [3.05, 3.63) is 23.7 Å². The van der Waals surface area contributed by atoms with Gasteiger partial charge in [-0.1, -0.05) is 0 Å². The number of furan rings is 1. The van der Waals surface area contributed by atoms with Gasteiger partial charge < -0.3 is 9.73 Å². The zero-order valence-electron chi connectivity index (χ0n) is 10.6. The van der Waals surface area contributed by atoms with Gasteiger partial charge in [-0.25, -0.2) is 0 Å². The molecule has 3 nitrogen and oxygen atoms in total. The molecule has 2 rings (SSSR count). The van der Waals surface area contributed by atoms with E-state index < -0.39 is 12.1 Å². The van der Waals surface area contributed by atoms with Crippen molar-refractivity contribution in [2.75, 3.05) is 0 Å². The van der Waals surface area contributed by atoms with E-state index in [9.17, 15) is 18.0 Å². The van der Waals surface area contributed by atoms with Gasteiger partial charge in [-0.3, -0.25) is 4.79 Å². The molecule has 106 valence electrons. The number of carbonyl (C=O) groups excluding carboxylic acids is 1. The fourth-order valence-electron chi connectivity index (χ4n) is 2.40. The molecule has 0 aliphatic heterocycles. The van der Waals surface area contributed by atoms with Gasteiger partial charge in [-0.2, -0.15) is 13.2 Å². The molecule has 6 heteroatoms. The molecule has 0 radical (unpaired) electrons. The topological polar surface area (TPSA) is 42.2 Å². The van der Waals surface area contributed by atoms with Gasteiger partial charge in [0.15, 0.2) is 0 Å². The quantitative estimate of drug-likeness (QED) is 0.898. The first-order valence-corrected chi connectivity index (χ1v) is 6.29. The van der Waals surface area contributed by atoms with Gasteiger partial charge >= 0.3 is 6.18 Å². The van der Waals surface area contributed by atoms with Crippen LogP contribution in [0.2, 0.25) is 0 Å². The van der Waals surface area contributed by atoms with Crippen LogP contribution in [0.4, 0.5) is 13.2 Å². The summed E-state index contributed by atoms with van der Waals surface area (Å²) in [4.78, 5) is 11.8. The van der Waals surface area contributed by atoms with E-state index in [0.29, 0.717) is 24.2 Å². The summed E-state index contributed by atoms with van der Waals surface area (Å²) in [6, 6.07) is 1.43. The molecule has 1 saturated carbocycles. The Hall–Kier alpha value is -1.46. The molecule has 0 unspecified atom stereocenters. The third-order valence-electron chi connectivity index (χ3n) is 3.52. The number of alkyl halides is 3. The van der Waals surface area contributed by atoms with Crippen LogP contribution in [0.1, 0.15) is 41.8 Å². The molecule has 1 amide bonds. The summed E-state index contributed by atoms with van der Waals surface area (Å²) in [5.41, 5.74) is 0.412. The Labute approximate surface area is 109 Å². The van der Waals surface area contributed by atoms with Crippen LogP contribution < -0.4 is 5.32 Å². The molecule has 1 aromatic heterocycles. The van der Waals surface area contributed by atoms with Crippen molar-refractivity contribution in [2.24, 2.45) is 5.92 Å². The normalized spacial score (nSPS) is 24.2. The molecule has 0 saturated heterocycles. The lowest BCUT2D eigenvalue weighted by Gasteiger charge is -2.30. The molecule has 1 heterocycles. The zero-order chi connectivity index (χ0) is 14.0. The van der Waals surface area contributed by atoms with Crippen molar-refractivity contribution in [3.63, 3.8) is 0 Å². The highest BCUT2D eigenvalue weighted by atomic mass is 19.4. The summed E-state index contributed by atoms with van der Waals surface area (Å²) in [6.07, 6.45) is -1.86. The van der Waals surface area contributed by atoms with Crippen LogP contribution in [0.15, 0.2) is 16.7 Å². The molecule has 1 aliphatic rings. The number of hydrogen-bond acceptors (Lipinski definition) is 2. The average molecular weight is 275 g/mol. The third kappa shape index (κ3) is 3.52. The minimum Gasteiger partial charge on any atom is -0.469 e. The maximum Gasteiger partial charge on any atom is 0.391 e. The van der Waals surface area contributed by atoms with Gasteiger partial charge in [0.2, 0.25) is 0 Å². The lowest BCUT2D eigenvalue weighted by Crippen LogP contribution is -2.39. The molecule has 1 fully saturated rings. The summed E-state index contributed by atoms with van der Waals surface area (Å²) < 4.78 is 42.5. The highest BCUT2D eigenvalue weighted by molar-refractivity contribution is 5.94. The zero-order valence-corrected chi connectivity index (χ0v) is 10.6. The van der Waals surface area contributed by atoms with Crippen molar-refractivity contribution < 1.29 is 22.4 Å². The predicted molar refractivity (Wildman–Crippen MR) is 62.7 cm³/mol. The first-order valence-electron chi connectivity index (χ1n) is 6.29. The van der Waals surface area contributed by atoms with E-state index in [-0.39, 0.29) is 24.8 Å². The van der Waals surface area contributed by atoms with Crippen molar-refractivity contribution in [2.45, 2.75) is 44.8 Å². The Morgan fingerprint density at radius 2 is 1.95 bits per heavy atom. The second-order valence-electron chi connectivity index (χ2n) is 5.01. The molecule has 1 aliphatic carbocycles. The third-order valence-corrected chi connectivity index (χ3v) is 3.52. The molecule has 1 N–H and O–H groups in total. The second kappa shape index (κ2) is 5.27. The van der Waals surface area contributed by atoms with E-state index in [2.05, 4.69) is 5.32 Å². The summed E-state index contributed by atoms with van der Waals surface area (Å²) in [7, 11) is 0. The molecule has 19 heavy (non-hydrogen) atoms. The van der Waals surface area contributed by atoms with Crippen LogP contribution in [0, 0.1) is 12.8 Å². The first kappa shape index (κ1) is 14.0.